The van der Waals surface area contributed by atoms with Gasteiger partial charge in [-0.15, -0.1) is 0 Å². The molecular weight excluding hydrogens is 612 g/mol. The first-order valence-electron chi connectivity index (χ1n) is 14.8. The second kappa shape index (κ2) is 16.0. The largest absolute Gasteiger partial charge is 0.481 e. The molecule has 14 heteroatoms. The van der Waals surface area contributed by atoms with E-state index < -0.39 is 60.2 Å². The van der Waals surface area contributed by atoms with E-state index >= 15 is 0 Å². The van der Waals surface area contributed by atoms with E-state index in [4.69, 9.17) is 5.73 Å². The predicted octanol–water partition coefficient (Wildman–Crippen LogP) is 1.92. The SMILES string of the molecule is CSCCC(NC(=O)C(Cc1c[nH]c2ccccc12)NC(=O)C(CCC(=O)O)NC(=O)C(N)Cc1c[nH]c2ccccc12)C(=O)O. The number of thioether (sulfide) groups is 1. The van der Waals surface area contributed by atoms with Crippen LogP contribution in [0.5, 0.6) is 0 Å². The van der Waals surface area contributed by atoms with Crippen LogP contribution in [0.3, 0.4) is 0 Å². The summed E-state index contributed by atoms with van der Waals surface area (Å²) in [4.78, 5) is 69.9. The summed E-state index contributed by atoms with van der Waals surface area (Å²) in [5.74, 6) is -4.11. The molecule has 244 valence electrons. The number of carbonyl (C=O) groups excluding carboxylic acids is 3. The van der Waals surface area contributed by atoms with Crippen molar-refractivity contribution in [2.45, 2.75) is 56.3 Å². The maximum Gasteiger partial charge on any atom is 0.326 e. The molecule has 0 fully saturated rings. The molecule has 0 aliphatic rings. The average Bonchev–Trinajstić information content (AvgIpc) is 3.64. The maximum atomic E-state index is 13.6. The van der Waals surface area contributed by atoms with Crippen molar-refractivity contribution < 1.29 is 34.2 Å². The van der Waals surface area contributed by atoms with E-state index in [-0.39, 0.29) is 25.7 Å². The summed E-state index contributed by atoms with van der Waals surface area (Å²) in [6, 6.07) is 10.1. The van der Waals surface area contributed by atoms with Crippen molar-refractivity contribution in [1.29, 1.82) is 0 Å². The Morgan fingerprint density at radius 2 is 1.26 bits per heavy atom. The van der Waals surface area contributed by atoms with Gasteiger partial charge in [0.15, 0.2) is 0 Å². The number of carboxylic acids is 2. The molecule has 9 N–H and O–H groups in total. The molecule has 13 nitrogen and oxygen atoms in total. The lowest BCUT2D eigenvalue weighted by Crippen LogP contribution is -2.57. The van der Waals surface area contributed by atoms with Gasteiger partial charge in [0.2, 0.25) is 17.7 Å². The summed E-state index contributed by atoms with van der Waals surface area (Å²) < 4.78 is 0. The lowest BCUT2D eigenvalue weighted by atomic mass is 10.0. The standard InChI is InChI=1S/C32H38N6O7S/c1-46-13-12-26(32(44)45)37-31(43)27(15-19-17-35-24-9-5-3-7-21(19)24)38-30(42)25(10-11-28(39)40)36-29(41)22(33)14-18-16-34-23-8-4-2-6-20(18)23/h2-9,16-17,22,25-27,34-35H,10-15,33H2,1H3,(H,36,41)(H,37,43)(H,38,42)(H,39,40)(H,44,45). The Kier molecular flexibility index (Phi) is 11.8. The van der Waals surface area contributed by atoms with Crippen LogP contribution in [0.4, 0.5) is 0 Å². The smallest absolute Gasteiger partial charge is 0.326 e. The zero-order chi connectivity index (χ0) is 33.2. The normalized spacial score (nSPS) is 13.9. The maximum absolute atomic E-state index is 13.6. The third-order valence-electron chi connectivity index (χ3n) is 7.69. The molecule has 0 saturated heterocycles. The molecule has 4 aromatic rings. The van der Waals surface area contributed by atoms with E-state index in [1.165, 1.54) is 11.8 Å². The zero-order valence-electron chi connectivity index (χ0n) is 25.2. The van der Waals surface area contributed by atoms with Crippen LogP contribution in [0.2, 0.25) is 0 Å². The average molecular weight is 651 g/mol. The fourth-order valence-electron chi connectivity index (χ4n) is 5.21. The third kappa shape index (κ3) is 8.88. The van der Waals surface area contributed by atoms with Crippen molar-refractivity contribution in [2.75, 3.05) is 12.0 Å². The molecule has 2 heterocycles. The minimum absolute atomic E-state index is 0.00384. The first-order chi connectivity index (χ1) is 22.1. The molecular formula is C32H38N6O7S. The van der Waals surface area contributed by atoms with E-state index in [1.54, 1.807) is 12.4 Å². The molecule has 4 rings (SSSR count). The van der Waals surface area contributed by atoms with Crippen LogP contribution in [0.1, 0.15) is 30.4 Å². The number of nitrogens with two attached hydrogens (primary N) is 1. The number of H-pyrrole nitrogens is 2. The summed E-state index contributed by atoms with van der Waals surface area (Å²) in [6.45, 7) is 0. The van der Waals surface area contributed by atoms with Crippen LogP contribution in [0, 0.1) is 0 Å². The fourth-order valence-corrected chi connectivity index (χ4v) is 5.68. The molecule has 2 aromatic carbocycles. The molecule has 0 radical (unpaired) electrons. The Morgan fingerprint density at radius 3 is 1.83 bits per heavy atom. The molecule has 4 atom stereocenters. The minimum atomic E-state index is -1.33. The second-order valence-electron chi connectivity index (χ2n) is 11.0. The Balaban J connectivity index is 1.53. The third-order valence-corrected chi connectivity index (χ3v) is 8.33. The Labute approximate surface area is 269 Å². The summed E-state index contributed by atoms with van der Waals surface area (Å²) >= 11 is 1.43. The number of para-hydroxylation sites is 2. The highest BCUT2D eigenvalue weighted by Gasteiger charge is 2.31. The van der Waals surface area contributed by atoms with Crippen molar-refractivity contribution >= 4 is 63.2 Å². The molecule has 2 aromatic heterocycles. The number of aromatic nitrogens is 2. The van der Waals surface area contributed by atoms with Crippen molar-refractivity contribution in [3.63, 3.8) is 0 Å². The van der Waals surface area contributed by atoms with Crippen molar-refractivity contribution in [2.24, 2.45) is 5.73 Å². The lowest BCUT2D eigenvalue weighted by Gasteiger charge is -2.25. The lowest BCUT2D eigenvalue weighted by molar-refractivity contribution is -0.142. The van der Waals surface area contributed by atoms with Gasteiger partial charge < -0.3 is 41.9 Å². The van der Waals surface area contributed by atoms with E-state index in [0.717, 1.165) is 27.4 Å². The molecule has 4 unspecified atom stereocenters. The van der Waals surface area contributed by atoms with Crippen LogP contribution < -0.4 is 21.7 Å². The van der Waals surface area contributed by atoms with E-state index in [0.29, 0.717) is 11.3 Å². The van der Waals surface area contributed by atoms with Gasteiger partial charge in [0, 0.05) is 47.0 Å². The number of carboxylic acid groups (broad SMARTS) is 2. The summed E-state index contributed by atoms with van der Waals surface area (Å²) in [5, 5.41) is 28.5. The molecule has 0 aliphatic carbocycles. The van der Waals surface area contributed by atoms with Crippen LogP contribution in [0.15, 0.2) is 60.9 Å². The highest BCUT2D eigenvalue weighted by atomic mass is 32.2. The highest BCUT2D eigenvalue weighted by Crippen LogP contribution is 2.20. The van der Waals surface area contributed by atoms with Crippen molar-refractivity contribution in [3.8, 4) is 0 Å². The van der Waals surface area contributed by atoms with Gasteiger partial charge in [-0.25, -0.2) is 4.79 Å². The van der Waals surface area contributed by atoms with Gasteiger partial charge in [0.1, 0.15) is 18.1 Å². The van der Waals surface area contributed by atoms with Crippen LogP contribution >= 0.6 is 11.8 Å². The Bertz CT molecular complexity index is 1700. The molecule has 0 spiro atoms. The Morgan fingerprint density at radius 1 is 0.739 bits per heavy atom. The number of nitrogens with one attached hydrogen (secondary N) is 5. The number of hydrogen-bond acceptors (Lipinski definition) is 7. The summed E-state index contributed by atoms with van der Waals surface area (Å²) in [6.07, 6.45) is 4.89. The zero-order valence-corrected chi connectivity index (χ0v) is 26.1. The number of carbonyl (C=O) groups is 5. The van der Waals surface area contributed by atoms with Crippen molar-refractivity contribution in [3.05, 3.63) is 72.1 Å². The minimum Gasteiger partial charge on any atom is -0.481 e. The van der Waals surface area contributed by atoms with Gasteiger partial charge >= 0.3 is 11.9 Å². The van der Waals surface area contributed by atoms with Gasteiger partial charge in [0.25, 0.3) is 0 Å². The Hall–Kier alpha value is -4.82. The quantitative estimate of drug-likeness (QED) is 0.0835. The number of benzene rings is 2. The number of aliphatic carboxylic acids is 2. The summed E-state index contributed by atoms with van der Waals surface area (Å²) in [5.41, 5.74) is 9.40. The predicted molar refractivity (Wildman–Crippen MR) is 175 cm³/mol. The van der Waals surface area contributed by atoms with Gasteiger partial charge in [-0.05, 0) is 54.5 Å². The van der Waals surface area contributed by atoms with E-state index in [2.05, 4.69) is 25.9 Å². The highest BCUT2D eigenvalue weighted by molar-refractivity contribution is 7.98. The number of aromatic amines is 2. The van der Waals surface area contributed by atoms with Gasteiger partial charge in [0.05, 0.1) is 6.04 Å². The molecule has 3 amide bonds. The second-order valence-corrected chi connectivity index (χ2v) is 12.0. The monoisotopic (exact) mass is 650 g/mol. The summed E-state index contributed by atoms with van der Waals surface area (Å²) in [7, 11) is 0. The van der Waals surface area contributed by atoms with Crippen molar-refractivity contribution in [1.82, 2.24) is 25.9 Å². The van der Waals surface area contributed by atoms with Crippen LogP contribution in [-0.4, -0.2) is 86.0 Å². The number of amides is 3. The first kappa shape index (κ1) is 34.1. The molecule has 0 bridgehead atoms. The van der Waals surface area contributed by atoms with Crippen LogP contribution in [0.25, 0.3) is 21.8 Å². The van der Waals surface area contributed by atoms with E-state index in [1.807, 2.05) is 54.8 Å². The number of fused-ring (bicyclic) bond motifs is 2. The topological polar surface area (TPSA) is 220 Å². The van der Waals surface area contributed by atoms with Gasteiger partial charge in [-0.3, -0.25) is 19.2 Å². The fraction of sp³-hybridized carbons (Fsp3) is 0.344. The number of hydrogen-bond donors (Lipinski definition) is 8. The molecule has 0 saturated carbocycles. The molecule has 0 aliphatic heterocycles. The number of rotatable bonds is 17. The van der Waals surface area contributed by atoms with Crippen LogP contribution in [-0.2, 0) is 36.8 Å². The first-order valence-corrected chi connectivity index (χ1v) is 16.2. The molecule has 46 heavy (non-hydrogen) atoms. The van der Waals surface area contributed by atoms with E-state index in [9.17, 15) is 34.2 Å². The van der Waals surface area contributed by atoms with Gasteiger partial charge in [-0.1, -0.05) is 36.4 Å². The van der Waals surface area contributed by atoms with Gasteiger partial charge in [-0.2, -0.15) is 11.8 Å².